The molecule has 1 N–H and O–H groups in total. The van der Waals surface area contributed by atoms with E-state index in [-0.39, 0.29) is 24.1 Å². The number of aromatic nitrogens is 1. The van der Waals surface area contributed by atoms with Gasteiger partial charge in [-0.1, -0.05) is 54.6 Å². The molecule has 8 nitrogen and oxygen atoms in total. The fourth-order valence-corrected chi connectivity index (χ4v) is 6.87. The van der Waals surface area contributed by atoms with E-state index in [4.69, 9.17) is 4.42 Å². The normalized spacial score (nSPS) is 13.0. The van der Waals surface area contributed by atoms with Crippen molar-refractivity contribution >= 4 is 73.7 Å². The highest BCUT2D eigenvalue weighted by Crippen LogP contribution is 2.37. The second kappa shape index (κ2) is 10.7. The summed E-state index contributed by atoms with van der Waals surface area (Å²) in [5.41, 5.74) is 5.57. The summed E-state index contributed by atoms with van der Waals surface area (Å²) in [6.45, 7) is 0. The van der Waals surface area contributed by atoms with Gasteiger partial charge in [0.05, 0.1) is 39.7 Å². The molecule has 0 radical (unpaired) electrons. The third-order valence-electron chi connectivity index (χ3n) is 6.81. The molecule has 0 unspecified atom stereocenters. The predicted molar refractivity (Wildman–Crippen MR) is 163 cm³/mol. The van der Waals surface area contributed by atoms with E-state index in [1.165, 1.54) is 34.2 Å². The van der Waals surface area contributed by atoms with Crippen molar-refractivity contribution < 1.29 is 18.8 Å². The van der Waals surface area contributed by atoms with Crippen LogP contribution in [0.25, 0.3) is 21.0 Å². The Morgan fingerprint density at radius 3 is 2.52 bits per heavy atom. The smallest absolute Gasteiger partial charge is 0.266 e. The fourth-order valence-electron chi connectivity index (χ4n) is 4.87. The van der Waals surface area contributed by atoms with Crippen LogP contribution in [0.15, 0.2) is 116 Å². The molecule has 1 aliphatic heterocycles. The van der Waals surface area contributed by atoms with Gasteiger partial charge in [-0.15, -0.1) is 11.3 Å². The SMILES string of the molecule is O=C(Cc1cccc2ccccc12)N/N=C\c1ccc(Sc2nc3ccc(N4C(=O)c5ccccc5C4=O)cc3s2)o1. The van der Waals surface area contributed by atoms with Gasteiger partial charge in [0.1, 0.15) is 5.76 Å². The lowest BCUT2D eigenvalue weighted by Gasteiger charge is -2.13. The maximum Gasteiger partial charge on any atom is 0.266 e. The molecule has 0 fully saturated rings. The third kappa shape index (κ3) is 4.87. The molecule has 1 aliphatic rings. The van der Waals surface area contributed by atoms with Crippen LogP contribution in [0.4, 0.5) is 5.69 Å². The first-order chi connectivity index (χ1) is 20.5. The molecular formula is C32H20N4O4S2. The molecule has 0 atom stereocenters. The van der Waals surface area contributed by atoms with Crippen molar-refractivity contribution in [1.82, 2.24) is 10.4 Å². The van der Waals surface area contributed by atoms with E-state index in [1.54, 1.807) is 54.6 Å². The molecule has 3 heterocycles. The number of benzene rings is 4. The largest absolute Gasteiger partial charge is 0.448 e. The number of carbonyl (C=O) groups excluding carboxylic acids is 3. The van der Waals surface area contributed by atoms with Crippen LogP contribution in [0, 0.1) is 0 Å². The second-order valence-corrected chi connectivity index (χ2v) is 11.8. The van der Waals surface area contributed by atoms with Gasteiger partial charge in [-0.25, -0.2) is 15.3 Å². The molecule has 7 rings (SSSR count). The highest BCUT2D eigenvalue weighted by Gasteiger charge is 2.36. The molecule has 0 spiro atoms. The Labute approximate surface area is 247 Å². The van der Waals surface area contributed by atoms with Crippen LogP contribution < -0.4 is 10.3 Å². The number of thiazole rings is 1. The topological polar surface area (TPSA) is 105 Å². The minimum absolute atomic E-state index is 0.213. The van der Waals surface area contributed by atoms with E-state index in [1.807, 2.05) is 42.5 Å². The van der Waals surface area contributed by atoms with Crippen LogP contribution in [-0.4, -0.2) is 28.9 Å². The summed E-state index contributed by atoms with van der Waals surface area (Å²) >= 11 is 2.79. The maximum atomic E-state index is 12.9. The first kappa shape index (κ1) is 25.9. The molecular weight excluding hydrogens is 569 g/mol. The molecule has 0 saturated heterocycles. The number of hydrazone groups is 1. The molecule has 2 aromatic heterocycles. The molecule has 4 aromatic carbocycles. The molecule has 3 amide bonds. The first-order valence-corrected chi connectivity index (χ1v) is 14.6. The van der Waals surface area contributed by atoms with Crippen LogP contribution in [-0.2, 0) is 11.2 Å². The molecule has 0 aliphatic carbocycles. The minimum atomic E-state index is -0.330. The van der Waals surface area contributed by atoms with E-state index in [0.717, 1.165) is 30.9 Å². The predicted octanol–water partition coefficient (Wildman–Crippen LogP) is 6.69. The zero-order chi connectivity index (χ0) is 28.6. The van der Waals surface area contributed by atoms with E-state index in [0.29, 0.717) is 27.7 Å². The summed E-state index contributed by atoms with van der Waals surface area (Å²) in [6.07, 6.45) is 1.67. The van der Waals surface area contributed by atoms with Gasteiger partial charge in [0.25, 0.3) is 11.8 Å². The van der Waals surface area contributed by atoms with Crippen molar-refractivity contribution in [3.05, 3.63) is 120 Å². The Morgan fingerprint density at radius 1 is 0.929 bits per heavy atom. The molecule has 42 heavy (non-hydrogen) atoms. The Kier molecular flexibility index (Phi) is 6.61. The summed E-state index contributed by atoms with van der Waals surface area (Å²) in [5.74, 6) is -0.400. The number of furan rings is 1. The molecule has 0 bridgehead atoms. The average Bonchev–Trinajstić information content (AvgIpc) is 3.69. The number of amides is 3. The monoisotopic (exact) mass is 588 g/mol. The van der Waals surface area contributed by atoms with Gasteiger partial charge in [-0.05, 0) is 70.6 Å². The van der Waals surface area contributed by atoms with Crippen LogP contribution in [0.2, 0.25) is 0 Å². The van der Waals surface area contributed by atoms with Crippen LogP contribution >= 0.6 is 23.1 Å². The van der Waals surface area contributed by atoms with E-state index >= 15 is 0 Å². The second-order valence-electron chi connectivity index (χ2n) is 9.49. The number of rotatable bonds is 7. The third-order valence-corrected chi connectivity index (χ3v) is 8.81. The van der Waals surface area contributed by atoms with Crippen LogP contribution in [0.5, 0.6) is 0 Å². The van der Waals surface area contributed by atoms with Gasteiger partial charge in [0, 0.05) is 0 Å². The van der Waals surface area contributed by atoms with Crippen LogP contribution in [0.1, 0.15) is 32.0 Å². The van der Waals surface area contributed by atoms with Gasteiger partial charge in [0.2, 0.25) is 5.91 Å². The summed E-state index contributed by atoms with van der Waals surface area (Å²) in [7, 11) is 0. The molecule has 10 heteroatoms. The quantitative estimate of drug-likeness (QED) is 0.127. The number of nitrogens with zero attached hydrogens (tertiary/aromatic N) is 3. The molecule has 6 aromatic rings. The number of hydrogen-bond donors (Lipinski definition) is 1. The van der Waals surface area contributed by atoms with Crippen molar-refractivity contribution in [3.63, 3.8) is 0 Å². The summed E-state index contributed by atoms with van der Waals surface area (Å²) in [5, 5.41) is 6.79. The maximum absolute atomic E-state index is 12.9. The highest BCUT2D eigenvalue weighted by atomic mass is 32.2. The van der Waals surface area contributed by atoms with Crippen molar-refractivity contribution in [2.24, 2.45) is 5.10 Å². The Balaban J connectivity index is 1.00. The van der Waals surface area contributed by atoms with Crippen LogP contribution in [0.3, 0.4) is 0 Å². The van der Waals surface area contributed by atoms with Gasteiger partial charge < -0.3 is 4.42 Å². The summed E-state index contributed by atoms with van der Waals surface area (Å²) in [4.78, 5) is 44.1. The number of imide groups is 1. The number of anilines is 1. The van der Waals surface area contributed by atoms with Crippen molar-refractivity contribution in [2.75, 3.05) is 4.90 Å². The average molecular weight is 589 g/mol. The van der Waals surface area contributed by atoms with Gasteiger partial charge >= 0.3 is 0 Å². The number of carbonyl (C=O) groups is 3. The lowest BCUT2D eigenvalue weighted by molar-refractivity contribution is -0.120. The van der Waals surface area contributed by atoms with Crippen molar-refractivity contribution in [3.8, 4) is 0 Å². The van der Waals surface area contributed by atoms with Crippen molar-refractivity contribution in [1.29, 1.82) is 0 Å². The summed E-state index contributed by atoms with van der Waals surface area (Å²) < 4.78 is 7.42. The Bertz CT molecular complexity index is 2020. The zero-order valence-electron chi connectivity index (χ0n) is 21.8. The lowest BCUT2D eigenvalue weighted by Crippen LogP contribution is -2.29. The zero-order valence-corrected chi connectivity index (χ0v) is 23.4. The minimum Gasteiger partial charge on any atom is -0.448 e. The standard InChI is InChI=1S/C32H20N4O4S2/c37-28(16-20-8-5-7-19-6-1-2-9-23(19)20)35-33-18-22-13-15-29(40-22)42-32-34-26-14-12-21(17-27(26)41-32)36-30(38)24-10-3-4-11-25(24)31(36)39/h1-15,17-18H,16H2,(H,35,37)/b33-18-. The number of hydrogen-bond acceptors (Lipinski definition) is 8. The van der Waals surface area contributed by atoms with E-state index in [9.17, 15) is 14.4 Å². The van der Waals surface area contributed by atoms with Gasteiger partial charge in [-0.3, -0.25) is 14.4 Å². The first-order valence-electron chi connectivity index (χ1n) is 13.0. The highest BCUT2D eigenvalue weighted by molar-refractivity contribution is 8.01. The Hall–Kier alpha value is -5.06. The summed E-state index contributed by atoms with van der Waals surface area (Å²) in [6, 6.07) is 29.6. The van der Waals surface area contributed by atoms with E-state index in [2.05, 4.69) is 15.5 Å². The van der Waals surface area contributed by atoms with E-state index < -0.39 is 0 Å². The Morgan fingerprint density at radius 2 is 1.69 bits per heavy atom. The number of nitrogens with one attached hydrogen (secondary N) is 1. The molecule has 0 saturated carbocycles. The number of fused-ring (bicyclic) bond motifs is 3. The fraction of sp³-hybridized carbons (Fsp3) is 0.0312. The van der Waals surface area contributed by atoms with Gasteiger partial charge in [0.15, 0.2) is 9.43 Å². The van der Waals surface area contributed by atoms with Crippen molar-refractivity contribution in [2.45, 2.75) is 15.9 Å². The molecule has 204 valence electrons. The van der Waals surface area contributed by atoms with Gasteiger partial charge in [-0.2, -0.15) is 5.10 Å². The lowest BCUT2D eigenvalue weighted by atomic mass is 10.0.